The first kappa shape index (κ1) is 33.3. The van der Waals surface area contributed by atoms with Crippen LogP contribution in [0.15, 0.2) is 42.6 Å². The number of hydrogen-bond donors (Lipinski definition) is 3. The predicted octanol–water partition coefficient (Wildman–Crippen LogP) is 4.95. The normalized spacial score (nSPS) is 16.9. The number of piperazine rings is 1. The third-order valence-electron chi connectivity index (χ3n) is 8.06. The highest BCUT2D eigenvalue weighted by atomic mass is 32.1. The van der Waals surface area contributed by atoms with Crippen molar-refractivity contribution in [3.05, 3.63) is 58.9 Å². The van der Waals surface area contributed by atoms with E-state index in [1.807, 2.05) is 20.8 Å². The Morgan fingerprint density at radius 1 is 1.11 bits per heavy atom. The van der Waals surface area contributed by atoms with Crippen molar-refractivity contribution in [1.82, 2.24) is 20.1 Å². The summed E-state index contributed by atoms with van der Waals surface area (Å²) in [5, 5.41) is 8.75. The Kier molecular flexibility index (Phi) is 9.94. The first-order chi connectivity index (χ1) is 21.8. The minimum atomic E-state index is -1.05. The lowest BCUT2D eigenvalue weighted by atomic mass is 9.93. The molecule has 13 heteroatoms. The highest BCUT2D eigenvalue weighted by Crippen LogP contribution is 2.38. The first-order valence-electron chi connectivity index (χ1n) is 15.3. The zero-order chi connectivity index (χ0) is 33.1. The first-order valence-corrected chi connectivity index (χ1v) is 16.2. The molecule has 0 radical (unpaired) electrons. The summed E-state index contributed by atoms with van der Waals surface area (Å²) >= 11 is 1.31. The van der Waals surface area contributed by atoms with Gasteiger partial charge in [-0.15, -0.1) is 11.3 Å². The van der Waals surface area contributed by atoms with Crippen LogP contribution in [0.25, 0.3) is 11.1 Å². The largest absolute Gasteiger partial charge is 0.476 e. The van der Waals surface area contributed by atoms with Crippen LogP contribution in [0.5, 0.6) is 5.88 Å². The Balaban J connectivity index is 1.28. The number of amides is 4. The van der Waals surface area contributed by atoms with Crippen LogP contribution in [0, 0.1) is 5.82 Å². The second-order valence-electron chi connectivity index (χ2n) is 12.8. The van der Waals surface area contributed by atoms with Gasteiger partial charge in [-0.1, -0.05) is 20.8 Å². The number of morpholine rings is 1. The lowest BCUT2D eigenvalue weighted by Crippen LogP contribution is -2.63. The minimum absolute atomic E-state index is 0.237. The van der Waals surface area contributed by atoms with E-state index in [4.69, 9.17) is 9.47 Å². The van der Waals surface area contributed by atoms with E-state index in [1.54, 1.807) is 32.0 Å². The van der Waals surface area contributed by atoms with Crippen molar-refractivity contribution in [2.75, 3.05) is 63.2 Å². The number of benzene rings is 1. The van der Waals surface area contributed by atoms with E-state index in [-0.39, 0.29) is 22.8 Å². The summed E-state index contributed by atoms with van der Waals surface area (Å²) in [7, 11) is 0. The van der Waals surface area contributed by atoms with Crippen LogP contribution in [0.1, 0.15) is 49.9 Å². The molecule has 2 aromatic heterocycles. The molecular weight excluding hydrogens is 611 g/mol. The molecule has 1 aromatic carbocycles. The lowest BCUT2D eigenvalue weighted by molar-refractivity contribution is -0.133. The third kappa shape index (κ3) is 7.65. The highest BCUT2D eigenvalue weighted by Gasteiger charge is 2.42. The maximum absolute atomic E-state index is 14.9. The van der Waals surface area contributed by atoms with E-state index in [0.29, 0.717) is 47.4 Å². The molecule has 0 atom stereocenters. The summed E-state index contributed by atoms with van der Waals surface area (Å²) in [6, 6.07) is 8.87. The van der Waals surface area contributed by atoms with Crippen LogP contribution >= 0.6 is 11.3 Å². The SMILES string of the molecule is CC(C)(C)c1cc(C(=O)N2CCNC(=O)C2(C)C)c(NC(=O)Nc2ccc(F)c(-c3ccc(OCCN4CCOCC4)nc3)c2)s1. The zero-order valence-electron chi connectivity index (χ0n) is 26.9. The van der Waals surface area contributed by atoms with Gasteiger partial charge in [0.15, 0.2) is 0 Å². The Morgan fingerprint density at radius 3 is 2.57 bits per heavy atom. The molecule has 0 saturated carbocycles. The number of nitrogens with zero attached hydrogens (tertiary/aromatic N) is 3. The van der Waals surface area contributed by atoms with Gasteiger partial charge in [-0.3, -0.25) is 19.8 Å². The maximum Gasteiger partial charge on any atom is 0.324 e. The number of hydrogen-bond acceptors (Lipinski definition) is 8. The fraction of sp³-hybridized carbons (Fsp3) is 0.455. The van der Waals surface area contributed by atoms with E-state index >= 15 is 0 Å². The Labute approximate surface area is 272 Å². The summed E-state index contributed by atoms with van der Waals surface area (Å²) in [5.74, 6) is -0.607. The molecule has 2 fully saturated rings. The number of aromatic nitrogens is 1. The summed E-state index contributed by atoms with van der Waals surface area (Å²) in [6.07, 6.45) is 1.53. The van der Waals surface area contributed by atoms with Gasteiger partial charge >= 0.3 is 6.03 Å². The number of urea groups is 1. The van der Waals surface area contributed by atoms with Crippen molar-refractivity contribution in [1.29, 1.82) is 0 Å². The van der Waals surface area contributed by atoms with E-state index in [0.717, 1.165) is 37.7 Å². The van der Waals surface area contributed by atoms with E-state index in [1.165, 1.54) is 40.6 Å². The molecular formula is C33H41FN6O5S. The molecule has 5 rings (SSSR count). The average molecular weight is 653 g/mol. The molecule has 0 aliphatic carbocycles. The molecule has 4 heterocycles. The second kappa shape index (κ2) is 13.7. The summed E-state index contributed by atoms with van der Waals surface area (Å²) in [6.45, 7) is 14.6. The predicted molar refractivity (Wildman–Crippen MR) is 176 cm³/mol. The second-order valence-corrected chi connectivity index (χ2v) is 13.9. The minimum Gasteiger partial charge on any atom is -0.476 e. The van der Waals surface area contributed by atoms with Crippen molar-refractivity contribution in [3.63, 3.8) is 0 Å². The number of ether oxygens (including phenoxy) is 2. The van der Waals surface area contributed by atoms with Crippen molar-refractivity contribution in [3.8, 4) is 17.0 Å². The number of carbonyl (C=O) groups is 3. The molecule has 2 aliphatic rings. The van der Waals surface area contributed by atoms with Crippen molar-refractivity contribution >= 4 is 39.9 Å². The van der Waals surface area contributed by atoms with Gasteiger partial charge in [0, 0.05) is 66.7 Å². The molecule has 3 aromatic rings. The number of nitrogens with one attached hydrogen (secondary N) is 3. The fourth-order valence-corrected chi connectivity index (χ4v) is 6.33. The molecule has 0 spiro atoms. The van der Waals surface area contributed by atoms with Gasteiger partial charge in [0.1, 0.15) is 23.0 Å². The van der Waals surface area contributed by atoms with Gasteiger partial charge in [-0.2, -0.15) is 0 Å². The van der Waals surface area contributed by atoms with Crippen LogP contribution < -0.4 is 20.7 Å². The molecule has 3 N–H and O–H groups in total. The molecule has 0 unspecified atom stereocenters. The van der Waals surface area contributed by atoms with Crippen LogP contribution in [-0.2, 0) is 14.9 Å². The van der Waals surface area contributed by atoms with Gasteiger partial charge in [-0.05, 0) is 49.6 Å². The van der Waals surface area contributed by atoms with Crippen LogP contribution in [0.2, 0.25) is 0 Å². The summed E-state index contributed by atoms with van der Waals surface area (Å²) in [5.41, 5.74) is 0.119. The topological polar surface area (TPSA) is 125 Å². The van der Waals surface area contributed by atoms with Crippen LogP contribution in [0.4, 0.5) is 19.9 Å². The molecule has 46 heavy (non-hydrogen) atoms. The Bertz CT molecular complexity index is 1580. The Morgan fingerprint density at radius 2 is 1.87 bits per heavy atom. The number of pyridine rings is 1. The van der Waals surface area contributed by atoms with Crippen molar-refractivity contribution in [2.24, 2.45) is 0 Å². The van der Waals surface area contributed by atoms with E-state index < -0.39 is 17.4 Å². The Hall–Kier alpha value is -4.07. The number of rotatable bonds is 8. The molecule has 11 nitrogen and oxygen atoms in total. The quantitative estimate of drug-likeness (QED) is 0.315. The van der Waals surface area contributed by atoms with Crippen LogP contribution in [-0.4, -0.2) is 90.7 Å². The maximum atomic E-state index is 14.9. The van der Waals surface area contributed by atoms with E-state index in [2.05, 4.69) is 25.8 Å². The van der Waals surface area contributed by atoms with Gasteiger partial charge in [-0.25, -0.2) is 14.2 Å². The highest BCUT2D eigenvalue weighted by molar-refractivity contribution is 7.16. The van der Waals surface area contributed by atoms with Gasteiger partial charge < -0.3 is 25.0 Å². The number of halogens is 1. The molecule has 2 aliphatic heterocycles. The van der Waals surface area contributed by atoms with Crippen molar-refractivity contribution < 1.29 is 28.2 Å². The van der Waals surface area contributed by atoms with Crippen molar-refractivity contribution in [2.45, 2.75) is 45.6 Å². The summed E-state index contributed by atoms with van der Waals surface area (Å²) < 4.78 is 26.0. The standard InChI is InChI=1S/C33H41FN6O5S/c1-32(2,3)26-19-24(29(41)40-11-10-35-30(42)33(40,4)5)28(46-26)38-31(43)37-22-7-8-25(34)23(18-22)21-6-9-27(36-20-21)45-17-14-39-12-15-44-16-13-39/h6-9,18-20H,10-17H2,1-5H3,(H,35,42)(H2,37,38,43). The fourth-order valence-electron chi connectivity index (χ4n) is 5.23. The molecule has 4 amide bonds. The number of anilines is 2. The monoisotopic (exact) mass is 652 g/mol. The van der Waals surface area contributed by atoms with E-state index in [9.17, 15) is 18.8 Å². The molecule has 2 saturated heterocycles. The van der Waals surface area contributed by atoms with Gasteiger partial charge in [0.2, 0.25) is 11.8 Å². The number of thiophene rings is 1. The third-order valence-corrected chi connectivity index (χ3v) is 9.53. The lowest BCUT2D eigenvalue weighted by Gasteiger charge is -2.41. The smallest absolute Gasteiger partial charge is 0.324 e. The van der Waals surface area contributed by atoms with Gasteiger partial charge in [0.05, 0.1) is 18.8 Å². The number of carbonyl (C=O) groups excluding carboxylic acids is 3. The van der Waals surface area contributed by atoms with Crippen LogP contribution in [0.3, 0.4) is 0 Å². The molecule has 246 valence electrons. The average Bonchev–Trinajstić information content (AvgIpc) is 3.44. The molecule has 0 bridgehead atoms. The summed E-state index contributed by atoms with van der Waals surface area (Å²) in [4.78, 5) is 48.6. The zero-order valence-corrected chi connectivity index (χ0v) is 27.7. The van der Waals surface area contributed by atoms with Gasteiger partial charge in [0.25, 0.3) is 5.91 Å².